The van der Waals surface area contributed by atoms with Crippen molar-refractivity contribution in [2.75, 3.05) is 0 Å². The third-order valence-corrected chi connectivity index (χ3v) is 4.79. The van der Waals surface area contributed by atoms with Crippen molar-refractivity contribution in [1.29, 1.82) is 0 Å². The summed E-state index contributed by atoms with van der Waals surface area (Å²) in [6.07, 6.45) is 0.258. The van der Waals surface area contributed by atoms with Gasteiger partial charge in [-0.15, -0.1) is 0 Å². The first kappa shape index (κ1) is 19.2. The molecular weight excluding hydrogens is 391 g/mol. The number of hydrogen-bond acceptors (Lipinski definition) is 3. The van der Waals surface area contributed by atoms with Gasteiger partial charge in [-0.1, -0.05) is 54.1 Å². The van der Waals surface area contributed by atoms with Crippen molar-refractivity contribution in [3.63, 3.8) is 0 Å². The van der Waals surface area contributed by atoms with Crippen molar-refractivity contribution in [1.82, 2.24) is 9.88 Å². The molecule has 0 aliphatic carbocycles. The van der Waals surface area contributed by atoms with Crippen molar-refractivity contribution in [3.8, 4) is 0 Å². The second-order valence-corrected chi connectivity index (χ2v) is 7.19. The highest BCUT2D eigenvalue weighted by Gasteiger charge is 2.18. The normalized spacial score (nSPS) is 11.0. The molecule has 1 aromatic heterocycles. The smallest absolute Gasteiger partial charge is 0.227 e. The van der Waals surface area contributed by atoms with E-state index in [-0.39, 0.29) is 24.7 Å². The molecule has 0 aliphatic heterocycles. The third kappa shape index (κ3) is 4.81. The fourth-order valence-corrected chi connectivity index (χ4v) is 3.27. The van der Waals surface area contributed by atoms with E-state index in [1.165, 1.54) is 12.1 Å². The van der Waals surface area contributed by atoms with Gasteiger partial charge in [0.05, 0.1) is 13.0 Å². The topological polar surface area (TPSA) is 46.3 Å². The first-order valence-corrected chi connectivity index (χ1v) is 9.56. The molecule has 29 heavy (non-hydrogen) atoms. The van der Waals surface area contributed by atoms with Crippen LogP contribution < -0.4 is 0 Å². The Morgan fingerprint density at radius 3 is 2.48 bits per heavy atom. The molecular formula is C23H18ClFN2O2. The fourth-order valence-electron chi connectivity index (χ4n) is 3.10. The van der Waals surface area contributed by atoms with Crippen molar-refractivity contribution < 1.29 is 13.6 Å². The summed E-state index contributed by atoms with van der Waals surface area (Å²) in [4.78, 5) is 19.1. The largest absolute Gasteiger partial charge is 0.439 e. The Morgan fingerprint density at radius 1 is 0.966 bits per heavy atom. The average Bonchev–Trinajstić information content (AvgIpc) is 3.11. The third-order valence-electron chi connectivity index (χ3n) is 4.56. The predicted octanol–water partition coefficient (Wildman–Crippen LogP) is 5.39. The number of oxazole rings is 1. The van der Waals surface area contributed by atoms with Gasteiger partial charge < -0.3 is 9.32 Å². The van der Waals surface area contributed by atoms with E-state index in [9.17, 15) is 9.18 Å². The number of halogens is 2. The van der Waals surface area contributed by atoms with Gasteiger partial charge >= 0.3 is 0 Å². The summed E-state index contributed by atoms with van der Waals surface area (Å²) < 4.78 is 19.0. The van der Waals surface area contributed by atoms with Crippen LogP contribution >= 0.6 is 11.6 Å². The monoisotopic (exact) mass is 408 g/mol. The van der Waals surface area contributed by atoms with Gasteiger partial charge in [-0.25, -0.2) is 9.37 Å². The van der Waals surface area contributed by atoms with Crippen molar-refractivity contribution in [2.24, 2.45) is 0 Å². The number of hydrogen-bond donors (Lipinski definition) is 0. The zero-order valence-electron chi connectivity index (χ0n) is 15.5. The molecule has 0 aliphatic rings. The first-order chi connectivity index (χ1) is 14.1. The summed E-state index contributed by atoms with van der Waals surface area (Å²) >= 11 is 6.02. The lowest BCUT2D eigenvalue weighted by Gasteiger charge is -2.21. The number of rotatable bonds is 6. The zero-order chi connectivity index (χ0) is 20.2. The molecule has 0 N–H and O–H groups in total. The fraction of sp³-hybridized carbons (Fsp3) is 0.130. The number of carbonyl (C=O) groups is 1. The molecule has 3 aromatic carbocycles. The van der Waals surface area contributed by atoms with Gasteiger partial charge in [-0.3, -0.25) is 4.79 Å². The Hall–Kier alpha value is -3.18. The molecule has 0 atom stereocenters. The van der Waals surface area contributed by atoms with Crippen LogP contribution in [0.2, 0.25) is 5.02 Å². The van der Waals surface area contributed by atoms with Gasteiger partial charge in [0.15, 0.2) is 5.58 Å². The van der Waals surface area contributed by atoms with E-state index in [0.717, 1.165) is 11.1 Å². The second kappa shape index (κ2) is 8.45. The van der Waals surface area contributed by atoms with Crippen LogP contribution in [-0.4, -0.2) is 15.8 Å². The van der Waals surface area contributed by atoms with E-state index in [1.54, 1.807) is 35.2 Å². The number of amides is 1. The summed E-state index contributed by atoms with van der Waals surface area (Å²) in [5.74, 6) is 0.0401. The molecule has 0 fully saturated rings. The Bertz CT molecular complexity index is 1130. The quantitative estimate of drug-likeness (QED) is 0.429. The highest BCUT2D eigenvalue weighted by Crippen LogP contribution is 2.21. The summed E-state index contributed by atoms with van der Waals surface area (Å²) in [5, 5.41) is 0.570. The Kier molecular flexibility index (Phi) is 5.58. The van der Waals surface area contributed by atoms with Gasteiger partial charge in [0.1, 0.15) is 11.3 Å². The standard InChI is InChI=1S/C23H18ClFN2O2/c24-18-8-11-21-20(13-18)26-22(29-21)15-27(14-17-6-9-19(25)10-7-17)23(28)12-16-4-2-1-3-5-16/h1-11,13H,12,14-15H2. The molecule has 0 saturated carbocycles. The van der Waals surface area contributed by atoms with Gasteiger partial charge in [0.2, 0.25) is 11.8 Å². The van der Waals surface area contributed by atoms with E-state index >= 15 is 0 Å². The van der Waals surface area contributed by atoms with Crippen LogP contribution in [0.1, 0.15) is 17.0 Å². The number of benzene rings is 3. The Balaban J connectivity index is 1.58. The van der Waals surface area contributed by atoms with Crippen LogP contribution in [0.5, 0.6) is 0 Å². The Morgan fingerprint density at radius 2 is 1.72 bits per heavy atom. The molecule has 0 spiro atoms. The number of aromatic nitrogens is 1. The number of fused-ring (bicyclic) bond motifs is 1. The van der Waals surface area contributed by atoms with E-state index in [4.69, 9.17) is 16.0 Å². The lowest BCUT2D eigenvalue weighted by molar-refractivity contribution is -0.132. The minimum Gasteiger partial charge on any atom is -0.439 e. The van der Waals surface area contributed by atoms with E-state index in [0.29, 0.717) is 28.6 Å². The highest BCUT2D eigenvalue weighted by molar-refractivity contribution is 6.31. The van der Waals surface area contributed by atoms with Crippen molar-refractivity contribution >= 4 is 28.6 Å². The molecule has 0 saturated heterocycles. The van der Waals surface area contributed by atoms with E-state index < -0.39 is 0 Å². The maximum absolute atomic E-state index is 13.3. The highest BCUT2D eigenvalue weighted by atomic mass is 35.5. The lowest BCUT2D eigenvalue weighted by atomic mass is 10.1. The zero-order valence-corrected chi connectivity index (χ0v) is 16.3. The minimum absolute atomic E-state index is 0.0687. The minimum atomic E-state index is -0.313. The molecule has 6 heteroatoms. The molecule has 1 heterocycles. The first-order valence-electron chi connectivity index (χ1n) is 9.18. The van der Waals surface area contributed by atoms with Gasteiger partial charge in [-0.2, -0.15) is 0 Å². The van der Waals surface area contributed by atoms with Crippen LogP contribution in [-0.2, 0) is 24.3 Å². The van der Waals surface area contributed by atoms with Crippen molar-refractivity contribution in [3.05, 3.63) is 101 Å². The molecule has 4 aromatic rings. The summed E-state index contributed by atoms with van der Waals surface area (Å²) in [6.45, 7) is 0.529. The number of carbonyl (C=O) groups excluding carboxylic acids is 1. The SMILES string of the molecule is O=C(Cc1ccccc1)N(Cc1ccc(F)cc1)Cc1nc2cc(Cl)ccc2o1. The van der Waals surface area contributed by atoms with Crippen molar-refractivity contribution in [2.45, 2.75) is 19.5 Å². The maximum atomic E-state index is 13.3. The summed E-state index contributed by atoms with van der Waals surface area (Å²) in [6, 6.07) is 20.9. The van der Waals surface area contributed by atoms with E-state index in [2.05, 4.69) is 4.98 Å². The molecule has 4 rings (SSSR count). The molecule has 0 unspecified atom stereocenters. The van der Waals surface area contributed by atoms with Crippen LogP contribution in [0.15, 0.2) is 77.2 Å². The average molecular weight is 409 g/mol. The van der Waals surface area contributed by atoms with Crippen LogP contribution in [0.3, 0.4) is 0 Å². The van der Waals surface area contributed by atoms with Gasteiger partial charge in [-0.05, 0) is 41.5 Å². The van der Waals surface area contributed by atoms with Crippen LogP contribution in [0.25, 0.3) is 11.1 Å². The Labute approximate surface area is 172 Å². The van der Waals surface area contributed by atoms with E-state index in [1.807, 2.05) is 30.3 Å². The molecule has 146 valence electrons. The lowest BCUT2D eigenvalue weighted by Crippen LogP contribution is -2.31. The second-order valence-electron chi connectivity index (χ2n) is 6.76. The number of nitrogens with zero attached hydrogens (tertiary/aromatic N) is 2. The molecule has 4 nitrogen and oxygen atoms in total. The van der Waals surface area contributed by atoms with Crippen LogP contribution in [0.4, 0.5) is 4.39 Å². The molecule has 0 radical (unpaired) electrons. The van der Waals surface area contributed by atoms with Gasteiger partial charge in [0, 0.05) is 11.6 Å². The molecule has 1 amide bonds. The predicted molar refractivity (Wildman–Crippen MR) is 110 cm³/mol. The maximum Gasteiger partial charge on any atom is 0.227 e. The van der Waals surface area contributed by atoms with Crippen LogP contribution in [0, 0.1) is 5.82 Å². The molecule has 0 bridgehead atoms. The summed E-state index contributed by atoms with van der Waals surface area (Å²) in [7, 11) is 0. The summed E-state index contributed by atoms with van der Waals surface area (Å²) in [5.41, 5.74) is 3.00. The van der Waals surface area contributed by atoms with Gasteiger partial charge in [0.25, 0.3) is 0 Å².